The monoisotopic (exact) mass is 731 g/mol. The lowest BCUT2D eigenvalue weighted by molar-refractivity contribution is 0.648. The van der Waals surface area contributed by atoms with Crippen LogP contribution in [-0.4, -0.2) is 24.1 Å². The van der Waals surface area contributed by atoms with E-state index in [2.05, 4.69) is 167 Å². The maximum Gasteiger partial charge on any atom is 0.238 e. The summed E-state index contributed by atoms with van der Waals surface area (Å²) in [6, 6.07) is 55.4. The minimum absolute atomic E-state index is 0.203. The number of aromatic nitrogens is 5. The summed E-state index contributed by atoms with van der Waals surface area (Å²) >= 11 is 0. The third-order valence-electron chi connectivity index (χ3n) is 11.5. The molecule has 0 N–H and O–H groups in total. The molecule has 0 bridgehead atoms. The summed E-state index contributed by atoms with van der Waals surface area (Å²) in [7, 11) is 0. The molecular formula is C51H33N5O. The topological polar surface area (TPSA) is 61.7 Å². The van der Waals surface area contributed by atoms with Crippen molar-refractivity contribution in [1.82, 2.24) is 24.1 Å². The number of nitrogens with zero attached hydrogens (tertiary/aromatic N) is 5. The summed E-state index contributed by atoms with van der Waals surface area (Å²) in [5.41, 5.74) is 10.0. The SMILES string of the molecule is C1=CCC(n2c3ccccc3c3c4c(ccc32)c2ccccc2n4-c2nc(-c3ccccc3)nc(-c3cccc4c3oc3cc(-c5ccccc5)ccc34)n2)C=C1. The molecule has 1 unspecified atom stereocenters. The summed E-state index contributed by atoms with van der Waals surface area (Å²) in [6.45, 7) is 0. The first kappa shape index (κ1) is 31.7. The van der Waals surface area contributed by atoms with E-state index in [9.17, 15) is 0 Å². The average Bonchev–Trinajstić information content (AvgIpc) is 3.94. The molecule has 1 aliphatic carbocycles. The third-order valence-corrected chi connectivity index (χ3v) is 11.5. The molecule has 0 saturated carbocycles. The lowest BCUT2D eigenvalue weighted by Crippen LogP contribution is -2.07. The minimum atomic E-state index is 0.203. The van der Waals surface area contributed by atoms with Gasteiger partial charge in [-0.2, -0.15) is 9.97 Å². The number of hydrogen-bond acceptors (Lipinski definition) is 4. The Labute approximate surface area is 327 Å². The molecule has 0 aliphatic heterocycles. The quantitative estimate of drug-likeness (QED) is 0.177. The van der Waals surface area contributed by atoms with E-state index in [1.165, 1.54) is 21.8 Å². The molecule has 0 radical (unpaired) electrons. The number of fused-ring (bicyclic) bond motifs is 10. The smallest absolute Gasteiger partial charge is 0.238 e. The van der Waals surface area contributed by atoms with Gasteiger partial charge in [0.15, 0.2) is 11.6 Å². The second kappa shape index (κ2) is 12.5. The second-order valence-electron chi connectivity index (χ2n) is 14.7. The van der Waals surface area contributed by atoms with Crippen molar-refractivity contribution >= 4 is 65.6 Å². The Hall–Kier alpha value is -7.57. The van der Waals surface area contributed by atoms with Crippen molar-refractivity contribution in [1.29, 1.82) is 0 Å². The van der Waals surface area contributed by atoms with E-state index in [-0.39, 0.29) is 6.04 Å². The predicted molar refractivity (Wildman–Crippen MR) is 233 cm³/mol. The highest BCUT2D eigenvalue weighted by atomic mass is 16.3. The summed E-state index contributed by atoms with van der Waals surface area (Å²) in [6.07, 6.45) is 9.78. The highest BCUT2D eigenvalue weighted by molar-refractivity contribution is 6.25. The largest absolute Gasteiger partial charge is 0.455 e. The van der Waals surface area contributed by atoms with Crippen LogP contribution in [0.3, 0.4) is 0 Å². The zero-order valence-electron chi connectivity index (χ0n) is 30.7. The van der Waals surface area contributed by atoms with Crippen molar-refractivity contribution in [2.24, 2.45) is 0 Å². The van der Waals surface area contributed by atoms with Crippen molar-refractivity contribution in [3.8, 4) is 39.9 Å². The fourth-order valence-electron chi connectivity index (χ4n) is 8.95. The molecule has 4 aromatic heterocycles. The number of para-hydroxylation sites is 3. The Kier molecular flexibility index (Phi) is 6.95. The summed E-state index contributed by atoms with van der Waals surface area (Å²) < 4.78 is 11.5. The molecule has 7 aromatic carbocycles. The zero-order chi connectivity index (χ0) is 37.5. The standard InChI is InChI=1S/C51H33N5O/c1-4-15-32(16-5-1)34-27-28-37-39-23-14-24-41(48(39)57-45(37)31-34)50-52-49(33-17-6-2-7-18-33)53-51(54-50)56-42-25-12-10-21-36(42)38-29-30-44-46(47(38)56)40-22-11-13-26-43(40)55(44)35-19-8-3-9-20-35/h1-19,21-31,35H,20H2. The molecule has 0 spiro atoms. The van der Waals surface area contributed by atoms with Gasteiger partial charge in [-0.15, -0.1) is 0 Å². The third kappa shape index (κ3) is 4.87. The van der Waals surface area contributed by atoms with Crippen LogP contribution in [0.4, 0.5) is 0 Å². The maximum atomic E-state index is 6.76. The first-order valence-corrected chi connectivity index (χ1v) is 19.4. The molecule has 1 atom stereocenters. The van der Waals surface area contributed by atoms with Crippen molar-refractivity contribution in [2.75, 3.05) is 0 Å². The molecule has 0 saturated heterocycles. The molecule has 57 heavy (non-hydrogen) atoms. The molecule has 4 heterocycles. The maximum absolute atomic E-state index is 6.76. The van der Waals surface area contributed by atoms with Gasteiger partial charge >= 0.3 is 0 Å². The van der Waals surface area contributed by atoms with Gasteiger partial charge in [0.25, 0.3) is 0 Å². The first-order chi connectivity index (χ1) is 28.3. The van der Waals surface area contributed by atoms with E-state index in [1.54, 1.807) is 0 Å². The fraction of sp³-hybridized carbons (Fsp3) is 0.0392. The predicted octanol–water partition coefficient (Wildman–Crippen LogP) is 13.0. The van der Waals surface area contributed by atoms with E-state index in [0.717, 1.165) is 72.4 Å². The number of furan rings is 1. The minimum Gasteiger partial charge on any atom is -0.455 e. The molecule has 268 valence electrons. The molecule has 12 rings (SSSR count). The summed E-state index contributed by atoms with van der Waals surface area (Å²) in [5.74, 6) is 1.69. The van der Waals surface area contributed by atoms with E-state index < -0.39 is 0 Å². The van der Waals surface area contributed by atoms with Crippen LogP contribution < -0.4 is 0 Å². The molecular weight excluding hydrogens is 699 g/mol. The molecule has 6 heteroatoms. The highest BCUT2D eigenvalue weighted by Gasteiger charge is 2.25. The molecule has 0 fully saturated rings. The van der Waals surface area contributed by atoms with Crippen LogP contribution in [0.15, 0.2) is 186 Å². The van der Waals surface area contributed by atoms with Gasteiger partial charge in [-0.05, 0) is 53.9 Å². The van der Waals surface area contributed by atoms with Crippen LogP contribution in [0.1, 0.15) is 12.5 Å². The van der Waals surface area contributed by atoms with Crippen LogP contribution >= 0.6 is 0 Å². The van der Waals surface area contributed by atoms with Crippen molar-refractivity contribution in [3.05, 3.63) is 182 Å². The normalized spacial score (nSPS) is 14.3. The average molecular weight is 732 g/mol. The van der Waals surface area contributed by atoms with E-state index in [4.69, 9.17) is 19.4 Å². The van der Waals surface area contributed by atoms with E-state index in [1.807, 2.05) is 24.3 Å². The molecule has 1 aliphatic rings. The lowest BCUT2D eigenvalue weighted by Gasteiger charge is -2.18. The van der Waals surface area contributed by atoms with Crippen LogP contribution in [0.25, 0.3) is 105 Å². The fourth-order valence-corrected chi connectivity index (χ4v) is 8.95. The highest BCUT2D eigenvalue weighted by Crippen LogP contribution is 2.43. The van der Waals surface area contributed by atoms with Gasteiger partial charge in [-0.25, -0.2) is 4.98 Å². The van der Waals surface area contributed by atoms with Gasteiger partial charge in [0, 0.05) is 43.4 Å². The van der Waals surface area contributed by atoms with Crippen LogP contribution in [0.2, 0.25) is 0 Å². The van der Waals surface area contributed by atoms with Gasteiger partial charge in [-0.1, -0.05) is 146 Å². The van der Waals surface area contributed by atoms with Gasteiger partial charge in [0.1, 0.15) is 11.2 Å². The Morgan fingerprint density at radius 2 is 1.23 bits per heavy atom. The second-order valence-corrected chi connectivity index (χ2v) is 14.7. The number of benzene rings is 7. The van der Waals surface area contributed by atoms with E-state index in [0.29, 0.717) is 17.6 Å². The Morgan fingerprint density at radius 3 is 2.05 bits per heavy atom. The van der Waals surface area contributed by atoms with Gasteiger partial charge in [-0.3, -0.25) is 4.57 Å². The first-order valence-electron chi connectivity index (χ1n) is 19.4. The number of rotatable bonds is 5. The van der Waals surface area contributed by atoms with Crippen LogP contribution in [-0.2, 0) is 0 Å². The van der Waals surface area contributed by atoms with Gasteiger partial charge < -0.3 is 8.98 Å². The molecule has 0 amide bonds. The zero-order valence-corrected chi connectivity index (χ0v) is 30.7. The summed E-state index contributed by atoms with van der Waals surface area (Å²) in [5, 5.41) is 6.74. The number of hydrogen-bond donors (Lipinski definition) is 0. The van der Waals surface area contributed by atoms with Crippen molar-refractivity contribution < 1.29 is 4.42 Å². The van der Waals surface area contributed by atoms with Gasteiger partial charge in [0.05, 0.1) is 28.2 Å². The Morgan fingerprint density at radius 1 is 0.509 bits per heavy atom. The van der Waals surface area contributed by atoms with E-state index >= 15 is 0 Å². The van der Waals surface area contributed by atoms with Crippen molar-refractivity contribution in [2.45, 2.75) is 12.5 Å². The molecule has 6 nitrogen and oxygen atoms in total. The Bertz CT molecular complexity index is 3440. The number of allylic oxidation sites excluding steroid dienone is 4. The Balaban J connectivity index is 1.16. The summed E-state index contributed by atoms with van der Waals surface area (Å²) in [4.78, 5) is 15.9. The molecule has 11 aromatic rings. The van der Waals surface area contributed by atoms with Crippen molar-refractivity contribution in [3.63, 3.8) is 0 Å². The van der Waals surface area contributed by atoms with Gasteiger partial charge in [0.2, 0.25) is 5.95 Å². The van der Waals surface area contributed by atoms with Crippen LogP contribution in [0.5, 0.6) is 0 Å². The lowest BCUT2D eigenvalue weighted by atomic mass is 10.0. The van der Waals surface area contributed by atoms with Crippen LogP contribution in [0, 0.1) is 0 Å².